The van der Waals surface area contributed by atoms with Gasteiger partial charge in [-0.2, -0.15) is 5.26 Å². The molecule has 0 atom stereocenters. The molecule has 0 spiro atoms. The molecule has 0 radical (unpaired) electrons. The summed E-state index contributed by atoms with van der Waals surface area (Å²) in [6, 6.07) is 7.70. The van der Waals surface area contributed by atoms with Crippen LogP contribution in [-0.4, -0.2) is 47.8 Å². The molecule has 22 heavy (non-hydrogen) atoms. The van der Waals surface area contributed by atoms with Crippen molar-refractivity contribution in [3.05, 3.63) is 41.7 Å². The summed E-state index contributed by atoms with van der Waals surface area (Å²) in [6.45, 7) is 1.78. The standard InChI is InChI=1S/C16H16FN3O2/c17-14-4-1-13(2-5-14)3-6-15(21)19-9-11-20(12-10-19)16(22)7-8-18/h1-6H,7,9-12H2/b6-3+. The van der Waals surface area contributed by atoms with Gasteiger partial charge in [0.25, 0.3) is 0 Å². The van der Waals surface area contributed by atoms with Gasteiger partial charge in [0.2, 0.25) is 11.8 Å². The number of nitriles is 1. The average Bonchev–Trinajstić information content (AvgIpc) is 2.54. The summed E-state index contributed by atoms with van der Waals surface area (Å²) in [7, 11) is 0. The van der Waals surface area contributed by atoms with E-state index in [1.165, 1.54) is 18.2 Å². The number of rotatable bonds is 3. The van der Waals surface area contributed by atoms with Crippen LogP contribution in [0.4, 0.5) is 4.39 Å². The van der Waals surface area contributed by atoms with E-state index in [0.29, 0.717) is 26.2 Å². The minimum absolute atomic E-state index is 0.127. The smallest absolute Gasteiger partial charge is 0.246 e. The third kappa shape index (κ3) is 4.16. The molecule has 5 nitrogen and oxygen atoms in total. The third-order valence-corrected chi connectivity index (χ3v) is 3.46. The van der Waals surface area contributed by atoms with Crippen molar-refractivity contribution in [2.24, 2.45) is 0 Å². The molecule has 1 saturated heterocycles. The summed E-state index contributed by atoms with van der Waals surface area (Å²) in [5.41, 5.74) is 0.748. The first kappa shape index (κ1) is 15.7. The van der Waals surface area contributed by atoms with Gasteiger partial charge in [0.05, 0.1) is 6.07 Å². The van der Waals surface area contributed by atoms with E-state index >= 15 is 0 Å². The molecule has 1 heterocycles. The Kier molecular flexibility index (Phi) is 5.26. The van der Waals surface area contributed by atoms with Gasteiger partial charge in [0.1, 0.15) is 12.2 Å². The highest BCUT2D eigenvalue weighted by molar-refractivity contribution is 5.92. The number of carbonyl (C=O) groups is 2. The summed E-state index contributed by atoms with van der Waals surface area (Å²) in [5, 5.41) is 8.51. The Morgan fingerprint density at radius 3 is 2.32 bits per heavy atom. The first-order valence-electron chi connectivity index (χ1n) is 6.97. The van der Waals surface area contributed by atoms with Crippen LogP contribution in [0.3, 0.4) is 0 Å². The van der Waals surface area contributed by atoms with E-state index in [1.807, 2.05) is 6.07 Å². The highest BCUT2D eigenvalue weighted by atomic mass is 19.1. The molecule has 0 bridgehead atoms. The summed E-state index contributed by atoms with van der Waals surface area (Å²) in [6.07, 6.45) is 2.95. The molecule has 6 heteroatoms. The van der Waals surface area contributed by atoms with E-state index in [0.717, 1.165) is 5.56 Å². The predicted molar refractivity (Wildman–Crippen MR) is 78.8 cm³/mol. The first-order valence-corrected chi connectivity index (χ1v) is 6.97. The van der Waals surface area contributed by atoms with Crippen LogP contribution in [-0.2, 0) is 9.59 Å². The Balaban J connectivity index is 1.86. The lowest BCUT2D eigenvalue weighted by atomic mass is 10.2. The Labute approximate surface area is 128 Å². The number of hydrogen-bond donors (Lipinski definition) is 0. The Bertz CT molecular complexity index is 611. The predicted octanol–water partition coefficient (Wildman–Crippen LogP) is 1.42. The van der Waals surface area contributed by atoms with Gasteiger partial charge in [0, 0.05) is 32.3 Å². The highest BCUT2D eigenvalue weighted by Gasteiger charge is 2.22. The van der Waals surface area contributed by atoms with Gasteiger partial charge < -0.3 is 9.80 Å². The Hall–Kier alpha value is -2.68. The molecule has 1 fully saturated rings. The molecular weight excluding hydrogens is 285 g/mol. The quantitative estimate of drug-likeness (QED) is 0.793. The number of piperazine rings is 1. The number of hydrogen-bond acceptors (Lipinski definition) is 3. The van der Waals surface area contributed by atoms with E-state index in [1.54, 1.807) is 28.0 Å². The molecule has 1 aliphatic heterocycles. The van der Waals surface area contributed by atoms with Crippen molar-refractivity contribution >= 4 is 17.9 Å². The maximum atomic E-state index is 12.8. The van der Waals surface area contributed by atoms with E-state index in [4.69, 9.17) is 5.26 Å². The molecule has 1 aliphatic rings. The van der Waals surface area contributed by atoms with Gasteiger partial charge in [-0.1, -0.05) is 12.1 Å². The number of amides is 2. The Morgan fingerprint density at radius 1 is 1.14 bits per heavy atom. The lowest BCUT2D eigenvalue weighted by molar-refractivity contribution is -0.136. The molecule has 1 aromatic carbocycles. The topological polar surface area (TPSA) is 64.4 Å². The van der Waals surface area contributed by atoms with Gasteiger partial charge in [-0.05, 0) is 23.8 Å². The van der Waals surface area contributed by atoms with Crippen molar-refractivity contribution in [3.63, 3.8) is 0 Å². The fraction of sp³-hybridized carbons (Fsp3) is 0.312. The van der Waals surface area contributed by atoms with Crippen molar-refractivity contribution < 1.29 is 14.0 Å². The van der Waals surface area contributed by atoms with E-state index in [2.05, 4.69) is 0 Å². The van der Waals surface area contributed by atoms with Gasteiger partial charge >= 0.3 is 0 Å². The van der Waals surface area contributed by atoms with E-state index in [9.17, 15) is 14.0 Å². The van der Waals surface area contributed by atoms with Crippen LogP contribution in [0.1, 0.15) is 12.0 Å². The molecule has 2 rings (SSSR count). The second kappa shape index (κ2) is 7.36. The van der Waals surface area contributed by atoms with Crippen LogP contribution >= 0.6 is 0 Å². The van der Waals surface area contributed by atoms with E-state index in [-0.39, 0.29) is 24.1 Å². The molecule has 0 saturated carbocycles. The van der Waals surface area contributed by atoms with Gasteiger partial charge in [-0.25, -0.2) is 4.39 Å². The highest BCUT2D eigenvalue weighted by Crippen LogP contribution is 2.07. The normalized spacial score (nSPS) is 14.9. The third-order valence-electron chi connectivity index (χ3n) is 3.46. The minimum Gasteiger partial charge on any atom is -0.338 e. The maximum absolute atomic E-state index is 12.8. The number of halogens is 1. The fourth-order valence-electron chi connectivity index (χ4n) is 2.20. The van der Waals surface area contributed by atoms with Gasteiger partial charge in [0.15, 0.2) is 0 Å². The number of benzene rings is 1. The van der Waals surface area contributed by atoms with Crippen LogP contribution in [0.5, 0.6) is 0 Å². The lowest BCUT2D eigenvalue weighted by Crippen LogP contribution is -2.50. The molecular formula is C16H16FN3O2. The zero-order valence-electron chi connectivity index (χ0n) is 12.0. The minimum atomic E-state index is -0.318. The maximum Gasteiger partial charge on any atom is 0.246 e. The van der Waals surface area contributed by atoms with Gasteiger partial charge in [-0.3, -0.25) is 9.59 Å². The molecule has 0 N–H and O–H groups in total. The van der Waals surface area contributed by atoms with Crippen LogP contribution in [0.2, 0.25) is 0 Å². The fourth-order valence-corrected chi connectivity index (χ4v) is 2.20. The SMILES string of the molecule is N#CCC(=O)N1CCN(C(=O)/C=C/c2ccc(F)cc2)CC1. The van der Waals surface area contributed by atoms with Gasteiger partial charge in [-0.15, -0.1) is 0 Å². The van der Waals surface area contributed by atoms with Crippen LogP contribution in [0, 0.1) is 17.1 Å². The molecule has 0 unspecified atom stereocenters. The number of nitrogens with zero attached hydrogens (tertiary/aromatic N) is 3. The zero-order chi connectivity index (χ0) is 15.9. The largest absolute Gasteiger partial charge is 0.338 e. The van der Waals surface area contributed by atoms with Crippen LogP contribution in [0.15, 0.2) is 30.3 Å². The molecule has 1 aromatic rings. The summed E-state index contributed by atoms with van der Waals surface area (Å²) in [5.74, 6) is -0.658. The summed E-state index contributed by atoms with van der Waals surface area (Å²) >= 11 is 0. The molecule has 2 amide bonds. The summed E-state index contributed by atoms with van der Waals surface area (Å²) < 4.78 is 12.8. The van der Waals surface area contributed by atoms with E-state index < -0.39 is 0 Å². The molecule has 114 valence electrons. The second-order valence-corrected chi connectivity index (χ2v) is 4.93. The average molecular weight is 301 g/mol. The second-order valence-electron chi connectivity index (χ2n) is 4.93. The first-order chi connectivity index (χ1) is 10.6. The van der Waals surface area contributed by atoms with Crippen molar-refractivity contribution in [2.75, 3.05) is 26.2 Å². The molecule has 0 aromatic heterocycles. The lowest BCUT2D eigenvalue weighted by Gasteiger charge is -2.33. The van der Waals surface area contributed by atoms with Crippen LogP contribution in [0.25, 0.3) is 6.08 Å². The van der Waals surface area contributed by atoms with Crippen molar-refractivity contribution in [1.29, 1.82) is 5.26 Å². The monoisotopic (exact) mass is 301 g/mol. The van der Waals surface area contributed by atoms with Crippen molar-refractivity contribution in [3.8, 4) is 6.07 Å². The molecule has 0 aliphatic carbocycles. The zero-order valence-corrected chi connectivity index (χ0v) is 12.0. The van der Waals surface area contributed by atoms with Crippen molar-refractivity contribution in [1.82, 2.24) is 9.80 Å². The Morgan fingerprint density at radius 2 is 1.73 bits per heavy atom. The van der Waals surface area contributed by atoms with Crippen molar-refractivity contribution in [2.45, 2.75) is 6.42 Å². The van der Waals surface area contributed by atoms with Crippen LogP contribution < -0.4 is 0 Å². The summed E-state index contributed by atoms with van der Waals surface area (Å²) in [4.78, 5) is 26.9. The number of carbonyl (C=O) groups excluding carboxylic acids is 2.